The number of nitrogen functional groups attached to an aromatic ring is 2. The molecule has 1 atom stereocenters. The summed E-state index contributed by atoms with van der Waals surface area (Å²) in [5.74, 6) is -1.88. The average molecular weight is 498 g/mol. The molecule has 37 heavy (non-hydrogen) atoms. The van der Waals surface area contributed by atoms with Crippen LogP contribution in [0, 0.1) is 0 Å². The minimum Gasteiger partial charge on any atom is -0.480 e. The fourth-order valence-corrected chi connectivity index (χ4v) is 4.26. The smallest absolute Gasteiger partial charge is 0.333 e. The molecule has 5 aromatic rings. The first-order valence-corrected chi connectivity index (χ1v) is 11.3. The fourth-order valence-electron chi connectivity index (χ4n) is 4.26. The van der Waals surface area contributed by atoms with Crippen molar-refractivity contribution in [2.24, 2.45) is 0 Å². The Kier molecular flexibility index (Phi) is 5.72. The van der Waals surface area contributed by atoms with Crippen molar-refractivity contribution in [3.8, 4) is 5.69 Å². The molecule has 11 nitrogen and oxygen atoms in total. The van der Waals surface area contributed by atoms with Crippen molar-refractivity contribution in [3.05, 3.63) is 98.8 Å². The molecule has 5 rings (SSSR count). The second-order valence-electron chi connectivity index (χ2n) is 8.57. The number of H-pyrrole nitrogens is 2. The number of hydrogen-bond donors (Lipinski definition) is 6. The third kappa shape index (κ3) is 4.29. The number of hydrogen-bond acceptors (Lipinski definition) is 6. The molecule has 0 fully saturated rings. The van der Waals surface area contributed by atoms with E-state index in [1.54, 1.807) is 48.5 Å². The minimum absolute atomic E-state index is 0.0407. The summed E-state index contributed by atoms with van der Waals surface area (Å²) in [4.78, 5) is 55.8. The van der Waals surface area contributed by atoms with Crippen molar-refractivity contribution in [1.29, 1.82) is 0 Å². The number of para-hydroxylation sites is 1. The van der Waals surface area contributed by atoms with Gasteiger partial charge in [0, 0.05) is 23.0 Å². The Balaban J connectivity index is 1.39. The predicted octanol–water partition coefficient (Wildman–Crippen LogP) is 1.75. The standard InChI is InChI=1S/C26H22N6O5/c27-14-7-10-19-17(12-14)24(34)32(26(37)31-19)15-8-5-13(6-9-15)11-20(25(35)36)30-23(33)22-21(28)16-3-1-2-4-18(16)29-22/h1-10,12,20,29H,11,27-28H2,(H,30,33)(H,31,37)(H,35,36). The Morgan fingerprint density at radius 2 is 1.62 bits per heavy atom. The molecule has 2 heterocycles. The van der Waals surface area contributed by atoms with Crippen LogP contribution in [0.1, 0.15) is 16.1 Å². The van der Waals surface area contributed by atoms with Crippen LogP contribution in [0.15, 0.2) is 76.3 Å². The molecule has 0 radical (unpaired) electrons. The highest BCUT2D eigenvalue weighted by molar-refractivity contribution is 6.08. The number of anilines is 2. The number of nitrogens with two attached hydrogens (primary N) is 2. The Bertz CT molecular complexity index is 1800. The summed E-state index contributed by atoms with van der Waals surface area (Å²) in [5.41, 5.74) is 13.3. The number of carbonyl (C=O) groups excluding carboxylic acids is 1. The highest BCUT2D eigenvalue weighted by Crippen LogP contribution is 2.24. The first-order chi connectivity index (χ1) is 17.7. The number of carboxylic acid groups (broad SMARTS) is 1. The lowest BCUT2D eigenvalue weighted by molar-refractivity contribution is -0.139. The van der Waals surface area contributed by atoms with Gasteiger partial charge < -0.3 is 31.9 Å². The van der Waals surface area contributed by atoms with E-state index in [9.17, 15) is 24.3 Å². The van der Waals surface area contributed by atoms with Crippen molar-refractivity contribution in [1.82, 2.24) is 19.9 Å². The number of amides is 1. The summed E-state index contributed by atoms with van der Waals surface area (Å²) in [6.45, 7) is 0. The highest BCUT2D eigenvalue weighted by atomic mass is 16.4. The van der Waals surface area contributed by atoms with Crippen LogP contribution in [-0.4, -0.2) is 37.6 Å². The number of benzene rings is 3. The Morgan fingerprint density at radius 1 is 0.919 bits per heavy atom. The van der Waals surface area contributed by atoms with Crippen molar-refractivity contribution in [3.63, 3.8) is 0 Å². The van der Waals surface area contributed by atoms with Gasteiger partial charge in [-0.3, -0.25) is 9.59 Å². The monoisotopic (exact) mass is 498 g/mol. The van der Waals surface area contributed by atoms with Gasteiger partial charge in [-0.2, -0.15) is 0 Å². The molecule has 0 aliphatic rings. The summed E-state index contributed by atoms with van der Waals surface area (Å²) in [6, 6.07) is 16.7. The van der Waals surface area contributed by atoms with E-state index >= 15 is 0 Å². The largest absolute Gasteiger partial charge is 0.480 e. The molecule has 0 aliphatic carbocycles. The third-order valence-electron chi connectivity index (χ3n) is 6.13. The van der Waals surface area contributed by atoms with E-state index in [4.69, 9.17) is 11.5 Å². The van der Waals surface area contributed by atoms with E-state index in [2.05, 4.69) is 15.3 Å². The third-order valence-corrected chi connectivity index (χ3v) is 6.13. The molecule has 0 aliphatic heterocycles. The van der Waals surface area contributed by atoms with E-state index in [0.717, 1.165) is 4.57 Å². The van der Waals surface area contributed by atoms with Crippen LogP contribution in [-0.2, 0) is 11.2 Å². The molecule has 0 saturated heterocycles. The first kappa shape index (κ1) is 23.4. The second-order valence-corrected chi connectivity index (χ2v) is 8.57. The molecular weight excluding hydrogens is 476 g/mol. The van der Waals surface area contributed by atoms with E-state index in [-0.39, 0.29) is 23.2 Å². The summed E-state index contributed by atoms with van der Waals surface area (Å²) in [6.07, 6.45) is -0.0407. The number of carboxylic acids is 1. The van der Waals surface area contributed by atoms with Gasteiger partial charge in [0.15, 0.2) is 0 Å². The highest BCUT2D eigenvalue weighted by Gasteiger charge is 2.24. The number of nitrogens with zero attached hydrogens (tertiary/aromatic N) is 1. The van der Waals surface area contributed by atoms with Gasteiger partial charge in [-0.15, -0.1) is 0 Å². The van der Waals surface area contributed by atoms with Gasteiger partial charge in [-0.25, -0.2) is 14.2 Å². The fraction of sp³-hybridized carbons (Fsp3) is 0.0769. The predicted molar refractivity (Wildman–Crippen MR) is 140 cm³/mol. The molecule has 0 saturated carbocycles. The Labute approximate surface area is 208 Å². The molecule has 3 aromatic carbocycles. The molecule has 186 valence electrons. The molecule has 11 heteroatoms. The number of aromatic amines is 2. The Hall–Kier alpha value is -5.32. The average Bonchev–Trinajstić information content (AvgIpc) is 3.22. The lowest BCUT2D eigenvalue weighted by Gasteiger charge is -2.15. The lowest BCUT2D eigenvalue weighted by atomic mass is 10.1. The first-order valence-electron chi connectivity index (χ1n) is 11.3. The van der Waals surface area contributed by atoms with E-state index in [1.807, 2.05) is 0 Å². The normalized spacial score (nSPS) is 12.0. The maximum absolute atomic E-state index is 13.0. The van der Waals surface area contributed by atoms with Crippen LogP contribution >= 0.6 is 0 Å². The minimum atomic E-state index is -1.25. The number of fused-ring (bicyclic) bond motifs is 2. The van der Waals surface area contributed by atoms with Gasteiger partial charge in [0.25, 0.3) is 11.5 Å². The number of rotatable bonds is 6. The zero-order valence-electron chi connectivity index (χ0n) is 19.3. The van der Waals surface area contributed by atoms with Crippen molar-refractivity contribution >= 4 is 45.1 Å². The molecule has 8 N–H and O–H groups in total. The van der Waals surface area contributed by atoms with Gasteiger partial charge in [-0.05, 0) is 42.0 Å². The topological polar surface area (TPSA) is 189 Å². The van der Waals surface area contributed by atoms with Gasteiger partial charge >= 0.3 is 11.7 Å². The van der Waals surface area contributed by atoms with Crippen molar-refractivity contribution in [2.75, 3.05) is 11.5 Å². The van der Waals surface area contributed by atoms with E-state index < -0.39 is 29.2 Å². The van der Waals surface area contributed by atoms with Gasteiger partial charge in [0.05, 0.1) is 22.3 Å². The molecule has 0 spiro atoms. The zero-order chi connectivity index (χ0) is 26.3. The molecule has 1 amide bonds. The lowest BCUT2D eigenvalue weighted by Crippen LogP contribution is -2.42. The number of carbonyl (C=O) groups is 2. The van der Waals surface area contributed by atoms with Crippen LogP contribution in [0.2, 0.25) is 0 Å². The number of nitrogens with one attached hydrogen (secondary N) is 3. The zero-order valence-corrected chi connectivity index (χ0v) is 19.3. The summed E-state index contributed by atoms with van der Waals surface area (Å²) in [5, 5.41) is 13.1. The summed E-state index contributed by atoms with van der Waals surface area (Å²) in [7, 11) is 0. The summed E-state index contributed by atoms with van der Waals surface area (Å²) >= 11 is 0. The molecular formula is C26H22N6O5. The number of aliphatic carboxylic acids is 1. The maximum Gasteiger partial charge on any atom is 0.333 e. The quantitative estimate of drug-likeness (QED) is 0.192. The summed E-state index contributed by atoms with van der Waals surface area (Å²) < 4.78 is 0.973. The Morgan fingerprint density at radius 3 is 2.32 bits per heavy atom. The van der Waals surface area contributed by atoms with Crippen LogP contribution < -0.4 is 28.0 Å². The van der Waals surface area contributed by atoms with Crippen molar-refractivity contribution in [2.45, 2.75) is 12.5 Å². The van der Waals surface area contributed by atoms with Crippen LogP contribution in [0.25, 0.3) is 27.5 Å². The molecule has 0 bridgehead atoms. The van der Waals surface area contributed by atoms with Gasteiger partial charge in [0.1, 0.15) is 11.7 Å². The maximum atomic E-state index is 13.0. The van der Waals surface area contributed by atoms with E-state index in [0.29, 0.717) is 33.4 Å². The number of aromatic nitrogens is 3. The van der Waals surface area contributed by atoms with Gasteiger partial charge in [0.2, 0.25) is 0 Å². The van der Waals surface area contributed by atoms with Gasteiger partial charge in [-0.1, -0.05) is 30.3 Å². The van der Waals surface area contributed by atoms with Crippen LogP contribution in [0.3, 0.4) is 0 Å². The SMILES string of the molecule is Nc1ccc2[nH]c(=O)n(-c3ccc(CC(NC(=O)c4[nH]c5ccccc5c4N)C(=O)O)cc3)c(=O)c2c1. The van der Waals surface area contributed by atoms with Crippen LogP contribution in [0.5, 0.6) is 0 Å². The van der Waals surface area contributed by atoms with Crippen LogP contribution in [0.4, 0.5) is 11.4 Å². The second kappa shape index (κ2) is 9.04. The van der Waals surface area contributed by atoms with E-state index in [1.165, 1.54) is 18.2 Å². The molecule has 1 unspecified atom stereocenters. The van der Waals surface area contributed by atoms with Crippen molar-refractivity contribution < 1.29 is 14.7 Å². The molecule has 2 aromatic heterocycles.